The van der Waals surface area contributed by atoms with Crippen LogP contribution in [-0.2, 0) is 13.5 Å². The Morgan fingerprint density at radius 2 is 2.29 bits per heavy atom. The normalized spacial score (nSPS) is 15.4. The molecule has 0 bridgehead atoms. The van der Waals surface area contributed by atoms with Gasteiger partial charge in [-0.2, -0.15) is 0 Å². The second-order valence-electron chi connectivity index (χ2n) is 4.28. The lowest BCUT2D eigenvalue weighted by Crippen LogP contribution is -2.24. The molecule has 14 heavy (non-hydrogen) atoms. The van der Waals surface area contributed by atoms with Crippen molar-refractivity contribution in [2.24, 2.45) is 12.5 Å². The van der Waals surface area contributed by atoms with Crippen LogP contribution in [0.3, 0.4) is 0 Å². The maximum absolute atomic E-state index is 9.33. The summed E-state index contributed by atoms with van der Waals surface area (Å²) in [6.45, 7) is 4.42. The molecule has 0 amide bonds. The van der Waals surface area contributed by atoms with Crippen molar-refractivity contribution >= 4 is 0 Å². The Bertz CT molecular complexity index is 285. The molecule has 80 valence electrons. The van der Waals surface area contributed by atoms with Crippen molar-refractivity contribution in [3.8, 4) is 0 Å². The molecule has 1 aromatic rings. The van der Waals surface area contributed by atoms with E-state index in [0.717, 1.165) is 25.0 Å². The Labute approximate surface area is 84.9 Å². The molecule has 0 aromatic carbocycles. The maximum Gasteiger partial charge on any atom is 0.0833 e. The van der Waals surface area contributed by atoms with Gasteiger partial charge in [0.1, 0.15) is 0 Å². The van der Waals surface area contributed by atoms with E-state index in [4.69, 9.17) is 0 Å². The third-order valence-electron chi connectivity index (χ3n) is 2.49. The molecule has 4 heteroatoms. The third kappa shape index (κ3) is 2.80. The van der Waals surface area contributed by atoms with E-state index in [-0.39, 0.29) is 12.0 Å². The van der Waals surface area contributed by atoms with Gasteiger partial charge in [0.15, 0.2) is 0 Å². The maximum atomic E-state index is 9.33. The molecule has 0 radical (unpaired) electrons. The molecule has 0 aliphatic heterocycles. The van der Waals surface area contributed by atoms with Gasteiger partial charge in [0.25, 0.3) is 0 Å². The fraction of sp³-hybridized carbons (Fsp3) is 0.800. The SMILES string of the molecule is CCCC(C)(CO)Cc1cn(C)nn1. The zero-order valence-corrected chi connectivity index (χ0v) is 9.19. The smallest absolute Gasteiger partial charge is 0.0833 e. The van der Waals surface area contributed by atoms with Crippen LogP contribution in [0.15, 0.2) is 6.20 Å². The van der Waals surface area contributed by atoms with E-state index in [2.05, 4.69) is 24.2 Å². The topological polar surface area (TPSA) is 50.9 Å². The van der Waals surface area contributed by atoms with Crippen LogP contribution >= 0.6 is 0 Å². The van der Waals surface area contributed by atoms with Gasteiger partial charge in [-0.3, -0.25) is 4.68 Å². The van der Waals surface area contributed by atoms with Crippen LogP contribution in [0.25, 0.3) is 0 Å². The summed E-state index contributed by atoms with van der Waals surface area (Å²) in [5, 5.41) is 17.2. The minimum absolute atomic E-state index is 0.0508. The van der Waals surface area contributed by atoms with E-state index in [0.29, 0.717) is 0 Å². The molecule has 1 aromatic heterocycles. The van der Waals surface area contributed by atoms with Gasteiger partial charge < -0.3 is 5.11 Å². The number of rotatable bonds is 5. The summed E-state index contributed by atoms with van der Waals surface area (Å²) in [4.78, 5) is 0. The summed E-state index contributed by atoms with van der Waals surface area (Å²) in [6, 6.07) is 0. The van der Waals surface area contributed by atoms with Gasteiger partial charge in [-0.05, 0) is 11.8 Å². The highest BCUT2D eigenvalue weighted by molar-refractivity contribution is 4.97. The molecule has 0 saturated carbocycles. The summed E-state index contributed by atoms with van der Waals surface area (Å²) in [5.74, 6) is 0. The number of aryl methyl sites for hydroxylation is 1. The molecule has 0 aliphatic carbocycles. The average molecular weight is 197 g/mol. The van der Waals surface area contributed by atoms with Crippen molar-refractivity contribution in [3.05, 3.63) is 11.9 Å². The predicted molar refractivity (Wildman–Crippen MR) is 54.8 cm³/mol. The Morgan fingerprint density at radius 3 is 2.71 bits per heavy atom. The molecule has 1 unspecified atom stereocenters. The van der Waals surface area contributed by atoms with Crippen molar-refractivity contribution in [2.75, 3.05) is 6.61 Å². The Morgan fingerprint density at radius 1 is 1.57 bits per heavy atom. The number of nitrogens with zero attached hydrogens (tertiary/aromatic N) is 3. The number of aliphatic hydroxyl groups is 1. The Balaban J connectivity index is 2.64. The molecule has 0 spiro atoms. The Kier molecular flexibility index (Phi) is 3.63. The minimum atomic E-state index is -0.0508. The van der Waals surface area contributed by atoms with E-state index in [1.165, 1.54) is 0 Å². The number of hydrogen-bond donors (Lipinski definition) is 1. The van der Waals surface area contributed by atoms with Crippen LogP contribution in [0, 0.1) is 5.41 Å². The summed E-state index contributed by atoms with van der Waals surface area (Å²) in [6.07, 6.45) is 4.80. The average Bonchev–Trinajstić information content (AvgIpc) is 2.51. The summed E-state index contributed by atoms with van der Waals surface area (Å²) < 4.78 is 1.69. The molecule has 0 fully saturated rings. The Hall–Kier alpha value is -0.900. The lowest BCUT2D eigenvalue weighted by Gasteiger charge is -2.25. The fourth-order valence-electron chi connectivity index (χ4n) is 1.74. The van der Waals surface area contributed by atoms with Crippen molar-refractivity contribution in [1.82, 2.24) is 15.0 Å². The quantitative estimate of drug-likeness (QED) is 0.770. The van der Waals surface area contributed by atoms with Crippen molar-refractivity contribution in [2.45, 2.75) is 33.1 Å². The van der Waals surface area contributed by atoms with Gasteiger partial charge in [-0.15, -0.1) is 5.10 Å². The minimum Gasteiger partial charge on any atom is -0.396 e. The molecular formula is C10H19N3O. The monoisotopic (exact) mass is 197 g/mol. The van der Waals surface area contributed by atoms with Gasteiger partial charge in [-0.1, -0.05) is 25.5 Å². The molecule has 4 nitrogen and oxygen atoms in total. The lowest BCUT2D eigenvalue weighted by molar-refractivity contribution is 0.130. The van der Waals surface area contributed by atoms with Crippen LogP contribution in [0.5, 0.6) is 0 Å². The first-order valence-electron chi connectivity index (χ1n) is 5.06. The van der Waals surface area contributed by atoms with Crippen LogP contribution in [0.4, 0.5) is 0 Å². The molecule has 0 aliphatic rings. The van der Waals surface area contributed by atoms with E-state index < -0.39 is 0 Å². The highest BCUT2D eigenvalue weighted by Gasteiger charge is 2.24. The van der Waals surface area contributed by atoms with Gasteiger partial charge >= 0.3 is 0 Å². The molecule has 1 rings (SSSR count). The zero-order chi connectivity index (χ0) is 10.6. The largest absolute Gasteiger partial charge is 0.396 e. The second-order valence-corrected chi connectivity index (χ2v) is 4.28. The van der Waals surface area contributed by atoms with Crippen LogP contribution in [-0.4, -0.2) is 26.7 Å². The van der Waals surface area contributed by atoms with Crippen LogP contribution < -0.4 is 0 Å². The predicted octanol–water partition coefficient (Wildman–Crippen LogP) is 1.16. The third-order valence-corrected chi connectivity index (χ3v) is 2.49. The molecule has 1 atom stereocenters. The highest BCUT2D eigenvalue weighted by Crippen LogP contribution is 2.26. The first kappa shape index (κ1) is 11.2. The molecular weight excluding hydrogens is 178 g/mol. The first-order chi connectivity index (χ1) is 6.59. The van der Waals surface area contributed by atoms with Gasteiger partial charge in [-0.25, -0.2) is 0 Å². The first-order valence-corrected chi connectivity index (χ1v) is 5.06. The molecule has 1 N–H and O–H groups in total. The number of aromatic nitrogens is 3. The molecule has 0 saturated heterocycles. The second kappa shape index (κ2) is 4.55. The van der Waals surface area contributed by atoms with Gasteiger partial charge in [0.05, 0.1) is 5.69 Å². The van der Waals surface area contributed by atoms with Crippen LogP contribution in [0.1, 0.15) is 32.4 Å². The summed E-state index contributed by atoms with van der Waals surface area (Å²) >= 11 is 0. The number of aliphatic hydroxyl groups excluding tert-OH is 1. The van der Waals surface area contributed by atoms with Gasteiger partial charge in [0, 0.05) is 26.3 Å². The van der Waals surface area contributed by atoms with Gasteiger partial charge in [0.2, 0.25) is 0 Å². The summed E-state index contributed by atoms with van der Waals surface area (Å²) in [5.41, 5.74) is 0.905. The van der Waals surface area contributed by atoms with E-state index in [9.17, 15) is 5.11 Å². The van der Waals surface area contributed by atoms with E-state index in [1.54, 1.807) is 4.68 Å². The number of hydrogen-bond acceptors (Lipinski definition) is 3. The van der Waals surface area contributed by atoms with E-state index in [1.807, 2.05) is 13.2 Å². The fourth-order valence-corrected chi connectivity index (χ4v) is 1.74. The highest BCUT2D eigenvalue weighted by atomic mass is 16.3. The van der Waals surface area contributed by atoms with Crippen molar-refractivity contribution in [1.29, 1.82) is 0 Å². The van der Waals surface area contributed by atoms with Crippen molar-refractivity contribution < 1.29 is 5.11 Å². The standard InChI is InChI=1S/C10H19N3O/c1-4-5-10(2,8-14)6-9-7-13(3)12-11-9/h7,14H,4-6,8H2,1-3H3. The molecule has 1 heterocycles. The zero-order valence-electron chi connectivity index (χ0n) is 9.19. The van der Waals surface area contributed by atoms with Crippen LogP contribution in [0.2, 0.25) is 0 Å². The summed E-state index contributed by atoms with van der Waals surface area (Å²) in [7, 11) is 1.85. The lowest BCUT2D eigenvalue weighted by atomic mass is 9.82. The van der Waals surface area contributed by atoms with Crippen molar-refractivity contribution in [3.63, 3.8) is 0 Å². The van der Waals surface area contributed by atoms with E-state index >= 15 is 0 Å².